The van der Waals surface area contributed by atoms with Crippen LogP contribution in [0.1, 0.15) is 33.0 Å². The highest BCUT2D eigenvalue weighted by Gasteiger charge is 2.32. The van der Waals surface area contributed by atoms with E-state index in [1.54, 1.807) is 6.33 Å². The highest BCUT2D eigenvalue weighted by molar-refractivity contribution is 4.95. The summed E-state index contributed by atoms with van der Waals surface area (Å²) in [6.07, 6.45) is 2.77. The van der Waals surface area contributed by atoms with E-state index in [0.29, 0.717) is 6.04 Å². The molecule has 5 heteroatoms. The van der Waals surface area contributed by atoms with Crippen molar-refractivity contribution in [2.45, 2.75) is 45.3 Å². The van der Waals surface area contributed by atoms with Crippen molar-refractivity contribution in [2.75, 3.05) is 13.1 Å². The van der Waals surface area contributed by atoms with Gasteiger partial charge in [-0.3, -0.25) is 9.58 Å². The number of aromatic nitrogens is 3. The molecule has 0 spiro atoms. The third kappa shape index (κ3) is 2.66. The molecule has 17 heavy (non-hydrogen) atoms. The van der Waals surface area contributed by atoms with Crippen molar-refractivity contribution in [3.05, 3.63) is 12.2 Å². The van der Waals surface area contributed by atoms with Crippen molar-refractivity contribution >= 4 is 0 Å². The molecule has 0 amide bonds. The molecule has 2 rings (SSSR count). The van der Waals surface area contributed by atoms with Gasteiger partial charge in [0.25, 0.3) is 0 Å². The van der Waals surface area contributed by atoms with Crippen LogP contribution in [-0.4, -0.2) is 44.3 Å². The Morgan fingerprint density at radius 1 is 1.59 bits per heavy atom. The van der Waals surface area contributed by atoms with Crippen LogP contribution >= 0.6 is 0 Å². The van der Waals surface area contributed by atoms with Gasteiger partial charge in [0.15, 0.2) is 0 Å². The normalized spacial score (nSPS) is 30.7. The van der Waals surface area contributed by atoms with Crippen molar-refractivity contribution < 1.29 is 0 Å². The molecule has 1 N–H and O–H groups in total. The van der Waals surface area contributed by atoms with Crippen LogP contribution in [0.4, 0.5) is 0 Å². The van der Waals surface area contributed by atoms with Gasteiger partial charge in [0.05, 0.1) is 6.54 Å². The highest BCUT2D eigenvalue weighted by atomic mass is 15.3. The summed E-state index contributed by atoms with van der Waals surface area (Å²) in [5.41, 5.74) is 0.227. The molecule has 0 aliphatic carbocycles. The molecule has 1 aromatic heterocycles. The first-order valence-electron chi connectivity index (χ1n) is 6.36. The van der Waals surface area contributed by atoms with Crippen LogP contribution in [0.15, 0.2) is 6.33 Å². The number of nitrogens with one attached hydrogen (secondary N) is 1. The minimum atomic E-state index is 0.227. The maximum Gasteiger partial charge on any atom is 0.140 e. The van der Waals surface area contributed by atoms with Gasteiger partial charge >= 0.3 is 0 Å². The fourth-order valence-corrected chi connectivity index (χ4v) is 2.28. The predicted molar refractivity (Wildman–Crippen MR) is 67.6 cm³/mol. The predicted octanol–water partition coefficient (Wildman–Crippen LogP) is 0.777. The van der Waals surface area contributed by atoms with Gasteiger partial charge in [0, 0.05) is 31.7 Å². The lowest BCUT2D eigenvalue weighted by atomic mass is 9.94. The Morgan fingerprint density at radius 3 is 2.94 bits per heavy atom. The molecule has 2 atom stereocenters. The van der Waals surface area contributed by atoms with E-state index in [2.05, 4.69) is 41.1 Å². The van der Waals surface area contributed by atoms with Gasteiger partial charge in [-0.1, -0.05) is 6.92 Å². The minimum Gasteiger partial charge on any atom is -0.309 e. The zero-order valence-electron chi connectivity index (χ0n) is 11.3. The molecule has 96 valence electrons. The van der Waals surface area contributed by atoms with E-state index in [4.69, 9.17) is 0 Å². The topological polar surface area (TPSA) is 46.0 Å². The first-order valence-corrected chi connectivity index (χ1v) is 6.36. The molecule has 0 radical (unpaired) electrons. The Kier molecular flexibility index (Phi) is 3.49. The number of hydrogen-bond donors (Lipinski definition) is 1. The van der Waals surface area contributed by atoms with E-state index in [1.165, 1.54) is 0 Å². The van der Waals surface area contributed by atoms with Crippen LogP contribution in [0.5, 0.6) is 0 Å². The molecule has 0 aromatic carbocycles. The average molecular weight is 237 g/mol. The van der Waals surface area contributed by atoms with Crippen molar-refractivity contribution in [2.24, 2.45) is 7.05 Å². The van der Waals surface area contributed by atoms with Crippen molar-refractivity contribution in [1.29, 1.82) is 0 Å². The summed E-state index contributed by atoms with van der Waals surface area (Å²) in [7, 11) is 1.95. The first-order chi connectivity index (χ1) is 8.04. The van der Waals surface area contributed by atoms with Gasteiger partial charge in [0.1, 0.15) is 12.2 Å². The van der Waals surface area contributed by atoms with Crippen LogP contribution in [0.25, 0.3) is 0 Å². The van der Waals surface area contributed by atoms with E-state index < -0.39 is 0 Å². The Bertz CT molecular complexity index is 375. The summed E-state index contributed by atoms with van der Waals surface area (Å²) < 4.78 is 1.86. The summed E-state index contributed by atoms with van der Waals surface area (Å²) in [5.74, 6) is 1.04. The summed E-state index contributed by atoms with van der Waals surface area (Å²) in [6, 6.07) is 0.548. The first kappa shape index (κ1) is 12.5. The maximum absolute atomic E-state index is 4.31. The van der Waals surface area contributed by atoms with Crippen LogP contribution in [0.3, 0.4) is 0 Å². The van der Waals surface area contributed by atoms with Gasteiger partial charge in [0.2, 0.25) is 0 Å². The third-order valence-corrected chi connectivity index (χ3v) is 3.93. The standard InChI is InChI=1S/C12H23N5/c1-5-12(3)8-17(10(2)6-14-12)7-11-13-9-15-16(11)4/h9-10,14H,5-8H2,1-4H3. The van der Waals surface area contributed by atoms with E-state index in [-0.39, 0.29) is 5.54 Å². The van der Waals surface area contributed by atoms with E-state index in [9.17, 15) is 0 Å². The number of nitrogens with zero attached hydrogens (tertiary/aromatic N) is 4. The monoisotopic (exact) mass is 237 g/mol. The maximum atomic E-state index is 4.31. The summed E-state index contributed by atoms with van der Waals surface area (Å²) in [5, 5.41) is 7.76. The van der Waals surface area contributed by atoms with Crippen LogP contribution in [-0.2, 0) is 13.6 Å². The SMILES string of the molecule is CCC1(C)CN(Cc2ncnn2C)C(C)CN1. The van der Waals surface area contributed by atoms with Crippen LogP contribution < -0.4 is 5.32 Å². The van der Waals surface area contributed by atoms with Gasteiger partial charge in [-0.2, -0.15) is 5.10 Å². The summed E-state index contributed by atoms with van der Waals surface area (Å²) in [4.78, 5) is 6.80. The van der Waals surface area contributed by atoms with Gasteiger partial charge in [-0.15, -0.1) is 0 Å². The van der Waals surface area contributed by atoms with Crippen LogP contribution in [0, 0.1) is 0 Å². The molecule has 1 saturated heterocycles. The van der Waals surface area contributed by atoms with E-state index in [0.717, 1.165) is 31.9 Å². The number of rotatable bonds is 3. The zero-order valence-corrected chi connectivity index (χ0v) is 11.3. The Hall–Kier alpha value is -0.940. The smallest absolute Gasteiger partial charge is 0.140 e. The summed E-state index contributed by atoms with van der Waals surface area (Å²) in [6.45, 7) is 9.79. The molecule has 2 heterocycles. The number of hydrogen-bond acceptors (Lipinski definition) is 4. The fraction of sp³-hybridized carbons (Fsp3) is 0.833. The van der Waals surface area contributed by atoms with E-state index >= 15 is 0 Å². The second-order valence-corrected chi connectivity index (χ2v) is 5.35. The van der Waals surface area contributed by atoms with Gasteiger partial charge in [-0.05, 0) is 20.3 Å². The van der Waals surface area contributed by atoms with E-state index in [1.807, 2.05) is 11.7 Å². The molecular formula is C12H23N5. The Labute approximate surface area is 103 Å². The molecule has 5 nitrogen and oxygen atoms in total. The molecular weight excluding hydrogens is 214 g/mol. The summed E-state index contributed by atoms with van der Waals surface area (Å²) >= 11 is 0. The molecule has 1 fully saturated rings. The largest absolute Gasteiger partial charge is 0.309 e. The Morgan fingerprint density at radius 2 is 2.35 bits per heavy atom. The lowest BCUT2D eigenvalue weighted by Gasteiger charge is -2.44. The molecule has 2 unspecified atom stereocenters. The number of piperazine rings is 1. The van der Waals surface area contributed by atoms with Crippen molar-refractivity contribution in [3.63, 3.8) is 0 Å². The zero-order chi connectivity index (χ0) is 12.5. The number of aryl methyl sites for hydroxylation is 1. The van der Waals surface area contributed by atoms with Gasteiger partial charge in [-0.25, -0.2) is 4.98 Å². The fourth-order valence-electron chi connectivity index (χ4n) is 2.28. The molecule has 1 aromatic rings. The molecule has 1 aliphatic rings. The second-order valence-electron chi connectivity index (χ2n) is 5.35. The average Bonchev–Trinajstić information content (AvgIpc) is 2.70. The molecule has 0 bridgehead atoms. The molecule has 0 saturated carbocycles. The lowest BCUT2D eigenvalue weighted by molar-refractivity contribution is 0.0832. The quantitative estimate of drug-likeness (QED) is 0.844. The third-order valence-electron chi connectivity index (χ3n) is 3.93. The molecule has 1 aliphatic heterocycles. The van der Waals surface area contributed by atoms with Crippen molar-refractivity contribution in [3.8, 4) is 0 Å². The van der Waals surface area contributed by atoms with Crippen LogP contribution in [0.2, 0.25) is 0 Å². The highest BCUT2D eigenvalue weighted by Crippen LogP contribution is 2.19. The Balaban J connectivity index is 2.06. The lowest BCUT2D eigenvalue weighted by Crippen LogP contribution is -2.61. The second kappa shape index (κ2) is 4.74. The van der Waals surface area contributed by atoms with Gasteiger partial charge < -0.3 is 5.32 Å². The van der Waals surface area contributed by atoms with Crippen molar-refractivity contribution in [1.82, 2.24) is 25.0 Å². The minimum absolute atomic E-state index is 0.227.